The van der Waals surface area contributed by atoms with Crippen LogP contribution < -0.4 is 5.32 Å². The van der Waals surface area contributed by atoms with Crippen molar-refractivity contribution in [3.8, 4) is 0 Å². The maximum atomic E-state index is 14.5. The first-order valence-electron chi connectivity index (χ1n) is 23.5. The minimum Gasteiger partial charge on any atom is -0.456 e. The third-order valence-corrected chi connectivity index (χ3v) is 13.8. The van der Waals surface area contributed by atoms with Crippen LogP contribution in [-0.2, 0) is 57.2 Å². The molecule has 1 saturated carbocycles. The molecule has 0 aromatic rings. The van der Waals surface area contributed by atoms with Gasteiger partial charge in [-0.15, -0.1) is 6.58 Å². The summed E-state index contributed by atoms with van der Waals surface area (Å²) in [5.74, 6) is -8.99. The second kappa shape index (κ2) is 24.8. The van der Waals surface area contributed by atoms with E-state index in [0.717, 1.165) is 10.5 Å². The van der Waals surface area contributed by atoms with Crippen LogP contribution >= 0.6 is 0 Å². The number of carbonyl (C=O) groups is 6. The van der Waals surface area contributed by atoms with Gasteiger partial charge in [-0.3, -0.25) is 24.0 Å². The van der Waals surface area contributed by atoms with Crippen LogP contribution in [0.2, 0.25) is 0 Å². The number of aliphatic hydroxyl groups is 2. The van der Waals surface area contributed by atoms with Crippen molar-refractivity contribution >= 4 is 35.3 Å². The lowest BCUT2D eigenvalue weighted by atomic mass is 9.80. The first-order chi connectivity index (χ1) is 30.8. The Bertz CT molecular complexity index is 1750. The fourth-order valence-corrected chi connectivity index (χ4v) is 10.1. The summed E-state index contributed by atoms with van der Waals surface area (Å²) in [6.45, 7) is 15.9. The third-order valence-electron chi connectivity index (χ3n) is 13.8. The highest BCUT2D eigenvalue weighted by atomic mass is 16.7. The average molecular weight is 917 g/mol. The maximum Gasteiger partial charge on any atom is 0.329 e. The number of amides is 2. The monoisotopic (exact) mass is 917 g/mol. The first kappa shape index (κ1) is 53.8. The lowest BCUT2D eigenvalue weighted by Crippen LogP contribution is -2.64. The van der Waals surface area contributed by atoms with Crippen molar-refractivity contribution in [2.45, 2.75) is 174 Å². The molecule has 4 aliphatic rings. The SMILES string of the molecule is C=CCOC1CC(C=C(C)C2OC(=O)C3CCCCN3C(=O)C(=O)C3(O)OC(C(OC)CC(C)CC(C)=CC(CC)C(=O)CC(O)C2C)C(OC)CC3C)CCC1NC(=O)COC(C)=O. The molecule has 0 aromatic heterocycles. The third kappa shape index (κ3) is 14.1. The molecule has 0 aromatic carbocycles. The molecule has 65 heavy (non-hydrogen) atoms. The number of hydrogen-bond acceptors (Lipinski definition) is 14. The Morgan fingerprint density at radius 3 is 2.32 bits per heavy atom. The van der Waals surface area contributed by atoms with Gasteiger partial charge in [-0.25, -0.2) is 4.79 Å². The molecule has 2 saturated heterocycles. The number of Topliss-reactive ketones (excluding diaryl/α,β-unsaturated/α-hetero) is 2. The number of cyclic esters (lactones) is 1. The summed E-state index contributed by atoms with van der Waals surface area (Å²) in [7, 11) is 3.04. The van der Waals surface area contributed by atoms with Crippen molar-refractivity contribution in [2.24, 2.45) is 29.6 Å². The standard InChI is InChI=1S/C49H76N2O14/c1-11-19-62-40-25-34(16-17-36(40)50-43(55)27-63-33(8)52)23-30(5)44-32(7)38(53)26-39(54)35(12-2)21-28(3)20-29(4)22-41(60-9)45-42(61-10)24-31(6)49(59,65-45)46(56)47(57)51-18-14-13-15-37(51)48(58)64-44/h11,21,23,29,31-32,34-38,40-42,44-45,53,59H,1,12-20,22,24-27H2,2-10H3,(H,50,55). The minimum absolute atomic E-state index is 0.00664. The second-order valence-corrected chi connectivity index (χ2v) is 18.9. The number of aliphatic hydroxyl groups excluding tert-OH is 1. The van der Waals surface area contributed by atoms with Crippen LogP contribution in [0.4, 0.5) is 0 Å². The number of allylic oxidation sites excluding steroid dienone is 3. The highest BCUT2D eigenvalue weighted by Crippen LogP contribution is 2.39. The van der Waals surface area contributed by atoms with E-state index in [-0.39, 0.29) is 56.1 Å². The number of piperidine rings is 1. The zero-order valence-corrected chi connectivity index (χ0v) is 40.1. The summed E-state index contributed by atoms with van der Waals surface area (Å²) < 4.78 is 35.3. The molecule has 16 heteroatoms. The van der Waals surface area contributed by atoms with E-state index >= 15 is 0 Å². The van der Waals surface area contributed by atoms with Crippen molar-refractivity contribution < 1.29 is 67.4 Å². The number of nitrogens with one attached hydrogen (secondary N) is 1. The predicted molar refractivity (Wildman–Crippen MR) is 240 cm³/mol. The van der Waals surface area contributed by atoms with Crippen molar-refractivity contribution in [3.63, 3.8) is 0 Å². The summed E-state index contributed by atoms with van der Waals surface area (Å²) >= 11 is 0. The Kier molecular flexibility index (Phi) is 20.5. The van der Waals surface area contributed by atoms with Crippen LogP contribution in [0.5, 0.6) is 0 Å². The number of hydrogen-bond donors (Lipinski definition) is 3. The predicted octanol–water partition coefficient (Wildman–Crippen LogP) is 4.72. The maximum absolute atomic E-state index is 14.5. The first-order valence-corrected chi connectivity index (χ1v) is 23.5. The van der Waals surface area contributed by atoms with E-state index in [4.69, 9.17) is 28.4 Å². The smallest absolute Gasteiger partial charge is 0.329 e. The number of methoxy groups -OCH3 is 2. The van der Waals surface area contributed by atoms with Crippen molar-refractivity contribution in [1.29, 1.82) is 0 Å². The molecular formula is C49H76N2O14. The van der Waals surface area contributed by atoms with Crippen LogP contribution in [0.25, 0.3) is 0 Å². The van der Waals surface area contributed by atoms with E-state index in [0.29, 0.717) is 56.9 Å². The molecule has 0 radical (unpaired) electrons. The Morgan fingerprint density at radius 1 is 0.985 bits per heavy atom. The molecule has 3 N–H and O–H groups in total. The molecule has 16 nitrogen and oxygen atoms in total. The minimum atomic E-state index is -2.54. The number of ketones is 2. The molecule has 14 atom stereocenters. The van der Waals surface area contributed by atoms with Gasteiger partial charge < -0.3 is 48.9 Å². The van der Waals surface area contributed by atoms with Gasteiger partial charge in [0.05, 0.1) is 37.1 Å². The van der Waals surface area contributed by atoms with Crippen LogP contribution in [0, 0.1) is 29.6 Å². The molecule has 2 bridgehead atoms. The van der Waals surface area contributed by atoms with Gasteiger partial charge >= 0.3 is 11.9 Å². The van der Waals surface area contributed by atoms with Crippen LogP contribution in [-0.4, -0.2) is 139 Å². The lowest BCUT2D eigenvalue weighted by molar-refractivity contribution is -0.302. The fraction of sp³-hybridized carbons (Fsp3) is 0.755. The van der Waals surface area contributed by atoms with Crippen LogP contribution in [0.3, 0.4) is 0 Å². The summed E-state index contributed by atoms with van der Waals surface area (Å²) in [6, 6.07) is -1.56. The normalized spacial score (nSPS) is 36.4. The summed E-state index contributed by atoms with van der Waals surface area (Å²) in [6.07, 6.45) is 5.10. The van der Waals surface area contributed by atoms with Crippen molar-refractivity contribution in [2.75, 3.05) is 34.0 Å². The molecular weight excluding hydrogens is 841 g/mol. The van der Waals surface area contributed by atoms with E-state index in [9.17, 15) is 39.0 Å². The van der Waals surface area contributed by atoms with Crippen LogP contribution in [0.1, 0.15) is 119 Å². The Balaban J connectivity index is 1.73. The summed E-state index contributed by atoms with van der Waals surface area (Å²) in [5.41, 5.74) is 1.57. The number of esters is 2. The van der Waals surface area contributed by atoms with E-state index in [1.807, 2.05) is 32.9 Å². The van der Waals surface area contributed by atoms with Gasteiger partial charge in [0.25, 0.3) is 17.6 Å². The van der Waals surface area contributed by atoms with Gasteiger partial charge in [0.1, 0.15) is 24.0 Å². The molecule has 1 aliphatic carbocycles. The molecule has 14 unspecified atom stereocenters. The Morgan fingerprint density at radius 2 is 1.68 bits per heavy atom. The van der Waals surface area contributed by atoms with Gasteiger partial charge in [0.2, 0.25) is 5.79 Å². The van der Waals surface area contributed by atoms with E-state index in [1.54, 1.807) is 26.8 Å². The molecule has 2 amide bonds. The van der Waals surface area contributed by atoms with Gasteiger partial charge in [-0.2, -0.15) is 0 Å². The largest absolute Gasteiger partial charge is 0.456 e. The lowest BCUT2D eigenvalue weighted by Gasteiger charge is -2.47. The summed E-state index contributed by atoms with van der Waals surface area (Å²) in [5, 5.41) is 26.8. The topological polar surface area (TPSA) is 214 Å². The second-order valence-electron chi connectivity index (χ2n) is 18.9. The average Bonchev–Trinajstić information content (AvgIpc) is 3.27. The van der Waals surface area contributed by atoms with E-state index < -0.39 is 102 Å². The Labute approximate surface area is 385 Å². The van der Waals surface area contributed by atoms with E-state index in [2.05, 4.69) is 11.9 Å². The highest BCUT2D eigenvalue weighted by molar-refractivity contribution is 6.39. The van der Waals surface area contributed by atoms with Gasteiger partial charge in [0, 0.05) is 51.9 Å². The molecule has 366 valence electrons. The van der Waals surface area contributed by atoms with Crippen molar-refractivity contribution in [3.05, 3.63) is 36.0 Å². The highest BCUT2D eigenvalue weighted by Gasteiger charge is 2.56. The molecule has 0 spiro atoms. The van der Waals surface area contributed by atoms with E-state index in [1.165, 1.54) is 21.1 Å². The number of nitrogens with zero attached hydrogens (tertiary/aromatic N) is 1. The molecule has 3 aliphatic heterocycles. The Hall–Kier alpha value is -3.80. The molecule has 3 fully saturated rings. The summed E-state index contributed by atoms with van der Waals surface area (Å²) in [4.78, 5) is 82.2. The van der Waals surface area contributed by atoms with Crippen LogP contribution in [0.15, 0.2) is 36.0 Å². The zero-order valence-electron chi connectivity index (χ0n) is 40.1. The van der Waals surface area contributed by atoms with Gasteiger partial charge in [-0.1, -0.05) is 51.5 Å². The quantitative estimate of drug-likeness (QED) is 0.146. The number of fused-ring (bicyclic) bond motifs is 3. The van der Waals surface area contributed by atoms with Gasteiger partial charge in [-0.05, 0) is 95.5 Å². The number of carbonyl (C=O) groups excluding carboxylic acids is 6. The zero-order chi connectivity index (χ0) is 48.2. The van der Waals surface area contributed by atoms with Gasteiger partial charge in [0.15, 0.2) is 6.61 Å². The number of rotatable bonds is 11. The fourth-order valence-electron chi connectivity index (χ4n) is 10.1. The van der Waals surface area contributed by atoms with Crippen molar-refractivity contribution in [1.82, 2.24) is 10.2 Å². The number of ether oxygens (including phenoxy) is 6. The molecule has 3 heterocycles. The molecule has 4 rings (SSSR count).